The Morgan fingerprint density at radius 1 is 1.33 bits per heavy atom. The Morgan fingerprint density at radius 2 is 1.86 bits per heavy atom. The monoisotopic (exact) mass is 355 g/mol. The van der Waals surface area contributed by atoms with Crippen molar-refractivity contribution in [2.75, 3.05) is 12.8 Å². The summed E-state index contributed by atoms with van der Waals surface area (Å²) in [5.74, 6) is -1.34. The van der Waals surface area contributed by atoms with Crippen LogP contribution in [0, 0.1) is 6.92 Å². The first-order chi connectivity index (χ1) is 9.29. The van der Waals surface area contributed by atoms with Crippen molar-refractivity contribution < 1.29 is 26.7 Å². The van der Waals surface area contributed by atoms with Gasteiger partial charge in [-0.3, -0.25) is 0 Å². The number of carboxylic acid groups (broad SMARTS) is 1. The average molecular weight is 355 g/mol. The van der Waals surface area contributed by atoms with Gasteiger partial charge in [0.15, 0.2) is 9.84 Å². The van der Waals surface area contributed by atoms with Gasteiger partial charge >= 0.3 is 5.97 Å². The molecular formula is C11H17NO6S3. The maximum absolute atomic E-state index is 12.3. The van der Waals surface area contributed by atoms with Crippen LogP contribution in [0.5, 0.6) is 0 Å². The highest BCUT2D eigenvalue weighted by atomic mass is 32.2. The van der Waals surface area contributed by atoms with Crippen LogP contribution in [0.1, 0.15) is 29.1 Å². The van der Waals surface area contributed by atoms with Gasteiger partial charge in [0, 0.05) is 12.8 Å². The van der Waals surface area contributed by atoms with Crippen molar-refractivity contribution in [3.05, 3.63) is 15.8 Å². The molecule has 10 heteroatoms. The highest BCUT2D eigenvalue weighted by Gasteiger charge is 2.34. The SMILES string of the molecule is Cc1csc(C(=O)O)c1S(=O)(=O)NCC(C)(C)S(C)(=O)=O. The third-order valence-corrected chi connectivity index (χ3v) is 8.03. The minimum absolute atomic E-state index is 0.294. The number of rotatable bonds is 6. The lowest BCUT2D eigenvalue weighted by atomic mass is 10.2. The van der Waals surface area contributed by atoms with E-state index in [0.29, 0.717) is 5.56 Å². The smallest absolute Gasteiger partial charge is 0.347 e. The molecule has 0 saturated heterocycles. The van der Waals surface area contributed by atoms with Gasteiger partial charge < -0.3 is 5.11 Å². The Balaban J connectivity index is 3.16. The molecule has 0 bridgehead atoms. The molecule has 0 aliphatic carbocycles. The van der Waals surface area contributed by atoms with Gasteiger partial charge in [0.05, 0.1) is 4.75 Å². The standard InChI is InChI=1S/C11H17NO6S3/c1-7-5-19-8(10(13)14)9(7)21(17,18)12-6-11(2,3)20(4,15)16/h5,12H,6H2,1-4H3,(H,13,14). The molecule has 0 unspecified atom stereocenters. The zero-order chi connectivity index (χ0) is 16.6. The summed E-state index contributed by atoms with van der Waals surface area (Å²) in [7, 11) is -7.57. The van der Waals surface area contributed by atoms with E-state index >= 15 is 0 Å². The number of sulfonamides is 1. The van der Waals surface area contributed by atoms with Crippen molar-refractivity contribution in [2.45, 2.75) is 30.4 Å². The topological polar surface area (TPSA) is 118 Å². The van der Waals surface area contributed by atoms with Crippen molar-refractivity contribution in [3.8, 4) is 0 Å². The Morgan fingerprint density at radius 3 is 2.29 bits per heavy atom. The van der Waals surface area contributed by atoms with E-state index in [-0.39, 0.29) is 16.3 Å². The third-order valence-electron chi connectivity index (χ3n) is 3.07. The zero-order valence-electron chi connectivity index (χ0n) is 12.0. The highest BCUT2D eigenvalue weighted by Crippen LogP contribution is 2.27. The van der Waals surface area contributed by atoms with Gasteiger partial charge in [0.1, 0.15) is 9.77 Å². The van der Waals surface area contributed by atoms with E-state index in [9.17, 15) is 21.6 Å². The summed E-state index contributed by atoms with van der Waals surface area (Å²) in [6, 6.07) is 0. The fourth-order valence-electron chi connectivity index (χ4n) is 1.39. The molecule has 1 rings (SSSR count). The molecule has 0 radical (unpaired) electrons. The summed E-state index contributed by atoms with van der Waals surface area (Å²) in [6.45, 7) is 3.93. The van der Waals surface area contributed by atoms with Crippen molar-refractivity contribution in [2.24, 2.45) is 0 Å². The lowest BCUT2D eigenvalue weighted by molar-refractivity contribution is 0.0698. The van der Waals surface area contributed by atoms with E-state index in [0.717, 1.165) is 17.6 Å². The van der Waals surface area contributed by atoms with Gasteiger partial charge in [-0.25, -0.2) is 26.4 Å². The Labute approximate surface area is 128 Å². The highest BCUT2D eigenvalue weighted by molar-refractivity contribution is 7.92. The van der Waals surface area contributed by atoms with E-state index < -0.39 is 30.6 Å². The van der Waals surface area contributed by atoms with Gasteiger partial charge in [0.25, 0.3) is 0 Å². The number of aryl methyl sites for hydroxylation is 1. The number of aromatic carboxylic acids is 1. The van der Waals surface area contributed by atoms with Crippen LogP contribution in [0.2, 0.25) is 0 Å². The zero-order valence-corrected chi connectivity index (χ0v) is 14.4. The number of hydrogen-bond donors (Lipinski definition) is 2. The molecule has 0 amide bonds. The molecule has 1 aromatic rings. The van der Waals surface area contributed by atoms with Crippen molar-refractivity contribution in [1.29, 1.82) is 0 Å². The molecular weight excluding hydrogens is 338 g/mol. The molecule has 0 aliphatic heterocycles. The lowest BCUT2D eigenvalue weighted by Crippen LogP contribution is -2.43. The molecule has 21 heavy (non-hydrogen) atoms. The van der Waals surface area contributed by atoms with Gasteiger partial charge in [-0.05, 0) is 31.7 Å². The molecule has 0 spiro atoms. The van der Waals surface area contributed by atoms with Crippen LogP contribution in [0.4, 0.5) is 0 Å². The largest absolute Gasteiger partial charge is 0.477 e. The van der Waals surface area contributed by atoms with Crippen LogP contribution < -0.4 is 4.72 Å². The van der Waals surface area contributed by atoms with E-state index in [2.05, 4.69) is 4.72 Å². The summed E-state index contributed by atoms with van der Waals surface area (Å²) in [4.78, 5) is 10.5. The molecule has 0 saturated carbocycles. The lowest BCUT2D eigenvalue weighted by Gasteiger charge is -2.22. The molecule has 2 N–H and O–H groups in total. The van der Waals surface area contributed by atoms with Crippen molar-refractivity contribution in [1.82, 2.24) is 4.72 Å². The summed E-state index contributed by atoms with van der Waals surface area (Å²) in [5.41, 5.74) is 0.307. The number of thiophene rings is 1. The number of sulfone groups is 1. The number of hydrogen-bond acceptors (Lipinski definition) is 6. The van der Waals surface area contributed by atoms with Crippen molar-refractivity contribution >= 4 is 37.2 Å². The van der Waals surface area contributed by atoms with Gasteiger partial charge in [-0.15, -0.1) is 11.3 Å². The minimum atomic E-state index is -4.10. The summed E-state index contributed by atoms with van der Waals surface area (Å²) in [5, 5.41) is 10.5. The van der Waals surface area contributed by atoms with Crippen LogP contribution in [0.15, 0.2) is 10.3 Å². The Kier molecular flexibility index (Phi) is 4.88. The molecule has 0 fully saturated rings. The molecule has 120 valence electrons. The fraction of sp³-hybridized carbons (Fsp3) is 0.545. The number of nitrogens with one attached hydrogen (secondary N) is 1. The molecule has 0 aromatic carbocycles. The predicted octanol–water partition coefficient (Wildman–Crippen LogP) is 0.856. The fourth-order valence-corrected chi connectivity index (χ4v) is 4.65. The Bertz CT molecular complexity index is 758. The summed E-state index contributed by atoms with van der Waals surface area (Å²) in [6.07, 6.45) is 1.01. The van der Waals surface area contributed by atoms with Crippen molar-refractivity contribution in [3.63, 3.8) is 0 Å². The molecule has 1 heterocycles. The van der Waals surface area contributed by atoms with Crippen LogP contribution in [-0.4, -0.2) is 45.5 Å². The second-order valence-electron chi connectivity index (χ2n) is 5.24. The third kappa shape index (κ3) is 3.82. The first kappa shape index (κ1) is 18.1. The van der Waals surface area contributed by atoms with E-state index in [4.69, 9.17) is 5.11 Å². The van der Waals surface area contributed by atoms with Gasteiger partial charge in [-0.1, -0.05) is 0 Å². The number of carboxylic acids is 1. The van der Waals surface area contributed by atoms with Crippen LogP contribution in [0.25, 0.3) is 0 Å². The predicted molar refractivity (Wildman–Crippen MR) is 80.1 cm³/mol. The Hall–Kier alpha value is -0.970. The van der Waals surface area contributed by atoms with Gasteiger partial charge in [0.2, 0.25) is 10.0 Å². The van der Waals surface area contributed by atoms with Crippen LogP contribution >= 0.6 is 11.3 Å². The van der Waals surface area contributed by atoms with E-state index in [1.54, 1.807) is 0 Å². The molecule has 0 aliphatic rings. The second kappa shape index (κ2) is 5.67. The first-order valence-corrected chi connectivity index (χ1v) is 10.1. The summed E-state index contributed by atoms with van der Waals surface area (Å²) < 4.78 is 48.5. The molecule has 7 nitrogen and oxygen atoms in total. The number of carbonyl (C=O) groups is 1. The van der Waals surface area contributed by atoms with Crippen LogP contribution in [-0.2, 0) is 19.9 Å². The normalized spacial score (nSPS) is 13.3. The first-order valence-electron chi connectivity index (χ1n) is 5.80. The minimum Gasteiger partial charge on any atom is -0.477 e. The quantitative estimate of drug-likeness (QED) is 0.781. The van der Waals surface area contributed by atoms with Crippen LogP contribution in [0.3, 0.4) is 0 Å². The van der Waals surface area contributed by atoms with E-state index in [1.165, 1.54) is 26.2 Å². The second-order valence-corrected chi connectivity index (χ2v) is 10.5. The maximum atomic E-state index is 12.3. The molecule has 1 aromatic heterocycles. The van der Waals surface area contributed by atoms with E-state index in [1.807, 2.05) is 0 Å². The van der Waals surface area contributed by atoms with Gasteiger partial charge in [-0.2, -0.15) is 0 Å². The molecule has 0 atom stereocenters. The average Bonchev–Trinajstić information content (AvgIpc) is 2.68. The maximum Gasteiger partial charge on any atom is 0.347 e. The summed E-state index contributed by atoms with van der Waals surface area (Å²) >= 11 is 0.813.